The van der Waals surface area contributed by atoms with E-state index in [9.17, 15) is 29.7 Å². The summed E-state index contributed by atoms with van der Waals surface area (Å²) in [5.74, 6) is -4.94. The van der Waals surface area contributed by atoms with E-state index in [4.69, 9.17) is 0 Å². The largest absolute Gasteiger partial charge is 0.550 e. The molecule has 0 rings (SSSR count). The molecular weight excluding hydrogens is 506 g/mol. The van der Waals surface area contributed by atoms with Crippen LogP contribution in [0.2, 0.25) is 0 Å². The van der Waals surface area contributed by atoms with E-state index in [0.717, 1.165) is 25.7 Å². The van der Waals surface area contributed by atoms with E-state index in [-0.39, 0.29) is 24.1 Å². The van der Waals surface area contributed by atoms with Gasteiger partial charge in [-0.05, 0) is 51.4 Å². The molecule has 0 amide bonds. The number of allylic oxidation sites excluding steroid dienone is 2. The molecule has 234 valence electrons. The maximum absolute atomic E-state index is 12.0. The zero-order chi connectivity index (χ0) is 30.2. The fraction of sp³-hybridized carbons (Fsp3) is 0.848. The van der Waals surface area contributed by atoms with Gasteiger partial charge in [-0.1, -0.05) is 97.6 Å². The summed E-state index contributed by atoms with van der Waals surface area (Å²) in [6.07, 6.45) is 22.6. The minimum atomic E-state index is -1.14. The molecule has 0 aliphatic carbocycles. The summed E-state index contributed by atoms with van der Waals surface area (Å²) >= 11 is 0. The molecule has 0 saturated carbocycles. The van der Waals surface area contributed by atoms with Crippen LogP contribution in [-0.2, 0) is 14.4 Å². The molecule has 0 aromatic heterocycles. The second-order valence-corrected chi connectivity index (χ2v) is 11.8. The molecular formula is C33H61NO6. The van der Waals surface area contributed by atoms with Crippen LogP contribution in [0.5, 0.6) is 0 Å². The summed E-state index contributed by atoms with van der Waals surface area (Å²) in [7, 11) is 0. The van der Waals surface area contributed by atoms with Crippen LogP contribution < -0.4 is 5.11 Å². The van der Waals surface area contributed by atoms with Crippen molar-refractivity contribution in [2.24, 2.45) is 17.8 Å². The molecule has 7 heteroatoms. The molecule has 0 heterocycles. The van der Waals surface area contributed by atoms with Crippen LogP contribution in [0.15, 0.2) is 12.2 Å². The van der Waals surface area contributed by atoms with Crippen LogP contribution in [0.25, 0.3) is 0 Å². The van der Waals surface area contributed by atoms with Crippen molar-refractivity contribution >= 4 is 17.9 Å². The van der Waals surface area contributed by atoms with Gasteiger partial charge in [-0.25, -0.2) is 0 Å². The Morgan fingerprint density at radius 2 is 0.975 bits per heavy atom. The number of carbonyl (C=O) groups excluding carboxylic acids is 1. The average Bonchev–Trinajstić information content (AvgIpc) is 2.92. The smallest absolute Gasteiger partial charge is 0.312 e. The Hall–Kier alpha value is -1.89. The number of nitrogens with zero attached hydrogens (tertiary/aromatic N) is 1. The predicted octanol–water partition coefficient (Wildman–Crippen LogP) is 6.84. The Bertz CT molecular complexity index is 647. The number of rotatable bonds is 28. The van der Waals surface area contributed by atoms with Gasteiger partial charge < -0.3 is 24.6 Å². The Morgan fingerprint density at radius 3 is 1.32 bits per heavy atom. The highest BCUT2D eigenvalue weighted by molar-refractivity contribution is 5.70. The number of carbonyl (C=O) groups is 3. The van der Waals surface area contributed by atoms with Gasteiger partial charge in [-0.3, -0.25) is 9.59 Å². The van der Waals surface area contributed by atoms with E-state index in [1.54, 1.807) is 6.92 Å². The van der Waals surface area contributed by atoms with Crippen molar-refractivity contribution in [2.45, 2.75) is 137 Å². The van der Waals surface area contributed by atoms with Crippen LogP contribution >= 0.6 is 0 Å². The predicted molar refractivity (Wildman–Crippen MR) is 161 cm³/mol. The molecule has 2 N–H and O–H groups in total. The standard InChI is InChI=1S/C33H61NO6/c1-5-9-10-11-12-13-14-15-16-17-18-19-20-21-22-23-24-34(25-28(6-2)31(35)36,26-29(7-3)32(37)38)27-30(8-4)33(39)40/h9-10,28-30H,5-8,11-27H2,1-4H3,(H2-,35,36,37,38,39,40)/b10-9+. The van der Waals surface area contributed by atoms with Crippen molar-refractivity contribution in [3.8, 4) is 0 Å². The van der Waals surface area contributed by atoms with E-state index in [2.05, 4.69) is 19.1 Å². The van der Waals surface area contributed by atoms with E-state index in [0.29, 0.717) is 25.8 Å². The van der Waals surface area contributed by atoms with Crippen molar-refractivity contribution < 1.29 is 34.2 Å². The molecule has 3 unspecified atom stereocenters. The Kier molecular flexibility index (Phi) is 22.7. The molecule has 40 heavy (non-hydrogen) atoms. The maximum atomic E-state index is 12.0. The number of unbranched alkanes of at least 4 members (excludes halogenated alkanes) is 12. The third kappa shape index (κ3) is 17.7. The molecule has 0 bridgehead atoms. The van der Waals surface area contributed by atoms with Gasteiger partial charge in [0.1, 0.15) is 11.8 Å². The van der Waals surface area contributed by atoms with Crippen LogP contribution in [0.4, 0.5) is 0 Å². The lowest BCUT2D eigenvalue weighted by Gasteiger charge is -2.44. The number of hydrogen-bond donors (Lipinski definition) is 2. The molecule has 0 aliphatic rings. The highest BCUT2D eigenvalue weighted by Gasteiger charge is 2.39. The maximum Gasteiger partial charge on any atom is 0.312 e. The molecule has 3 atom stereocenters. The minimum Gasteiger partial charge on any atom is -0.550 e. The highest BCUT2D eigenvalue weighted by Crippen LogP contribution is 2.25. The monoisotopic (exact) mass is 567 g/mol. The Balaban J connectivity index is 4.83. The Morgan fingerprint density at radius 1 is 0.600 bits per heavy atom. The van der Waals surface area contributed by atoms with E-state index in [1.807, 2.05) is 13.8 Å². The number of carboxylic acid groups (broad SMARTS) is 3. The first-order valence-corrected chi connectivity index (χ1v) is 16.3. The third-order valence-corrected chi connectivity index (χ3v) is 8.49. The molecule has 0 spiro atoms. The van der Waals surface area contributed by atoms with Crippen molar-refractivity contribution in [2.75, 3.05) is 26.2 Å². The average molecular weight is 568 g/mol. The van der Waals surface area contributed by atoms with Crippen molar-refractivity contribution in [1.82, 2.24) is 0 Å². The van der Waals surface area contributed by atoms with E-state index < -0.39 is 35.7 Å². The first kappa shape index (κ1) is 38.1. The minimum absolute atomic E-state index is 0.219. The van der Waals surface area contributed by atoms with Gasteiger partial charge in [0, 0.05) is 5.92 Å². The van der Waals surface area contributed by atoms with Gasteiger partial charge in [0.25, 0.3) is 0 Å². The van der Waals surface area contributed by atoms with Crippen molar-refractivity contribution in [1.29, 1.82) is 0 Å². The summed E-state index contributed by atoms with van der Waals surface area (Å²) in [5.41, 5.74) is 0. The number of carboxylic acids is 3. The summed E-state index contributed by atoms with van der Waals surface area (Å²) in [5, 5.41) is 31.4. The van der Waals surface area contributed by atoms with Gasteiger partial charge in [-0.2, -0.15) is 0 Å². The molecule has 0 aliphatic heterocycles. The van der Waals surface area contributed by atoms with Crippen LogP contribution in [0.1, 0.15) is 137 Å². The highest BCUT2D eigenvalue weighted by atomic mass is 16.4. The zero-order valence-corrected chi connectivity index (χ0v) is 26.2. The van der Waals surface area contributed by atoms with E-state index in [1.165, 1.54) is 64.2 Å². The number of hydrogen-bond acceptors (Lipinski definition) is 4. The van der Waals surface area contributed by atoms with Crippen molar-refractivity contribution in [3.63, 3.8) is 0 Å². The van der Waals surface area contributed by atoms with Crippen LogP contribution in [0, 0.1) is 17.8 Å². The SMILES string of the molecule is CC/C=C/CCCCCCCCCCCCCC[N+](CC(CC)C(=O)[O-])(CC(CC)C(=O)O)CC(CC)C(=O)O. The molecule has 0 saturated heterocycles. The number of aliphatic carboxylic acids is 3. The van der Waals surface area contributed by atoms with Gasteiger partial charge >= 0.3 is 11.9 Å². The summed E-state index contributed by atoms with van der Waals surface area (Å²) in [6.45, 7) is 8.96. The van der Waals surface area contributed by atoms with Crippen LogP contribution in [-0.4, -0.2) is 58.8 Å². The van der Waals surface area contributed by atoms with Crippen molar-refractivity contribution in [3.05, 3.63) is 12.2 Å². The molecule has 7 nitrogen and oxygen atoms in total. The van der Waals surface area contributed by atoms with Gasteiger partial charge in [0.05, 0.1) is 32.1 Å². The lowest BCUT2D eigenvalue weighted by molar-refractivity contribution is -0.935. The fourth-order valence-electron chi connectivity index (χ4n) is 5.80. The van der Waals surface area contributed by atoms with Gasteiger partial charge in [0.15, 0.2) is 0 Å². The quantitative estimate of drug-likeness (QED) is 0.0608. The fourth-order valence-corrected chi connectivity index (χ4v) is 5.80. The number of quaternary nitrogens is 1. The third-order valence-electron chi connectivity index (χ3n) is 8.49. The zero-order valence-electron chi connectivity index (χ0n) is 26.2. The van der Waals surface area contributed by atoms with Crippen LogP contribution in [0.3, 0.4) is 0 Å². The normalized spacial score (nSPS) is 15.5. The second kappa shape index (κ2) is 23.8. The summed E-state index contributed by atoms with van der Waals surface area (Å²) < 4.78 is 0.219. The van der Waals surface area contributed by atoms with Gasteiger partial charge in [-0.15, -0.1) is 0 Å². The summed E-state index contributed by atoms with van der Waals surface area (Å²) in [4.78, 5) is 35.8. The second-order valence-electron chi connectivity index (χ2n) is 11.8. The Labute approximate surface area is 245 Å². The van der Waals surface area contributed by atoms with E-state index >= 15 is 0 Å². The lowest BCUT2D eigenvalue weighted by Crippen LogP contribution is -2.59. The molecule has 0 radical (unpaired) electrons. The molecule has 0 fully saturated rings. The first-order valence-electron chi connectivity index (χ1n) is 16.3. The lowest BCUT2D eigenvalue weighted by atomic mass is 9.95. The van der Waals surface area contributed by atoms with Gasteiger partial charge in [0.2, 0.25) is 0 Å². The molecule has 0 aromatic rings. The summed E-state index contributed by atoms with van der Waals surface area (Å²) in [6, 6.07) is 0. The first-order chi connectivity index (χ1) is 19.2. The molecule has 0 aromatic carbocycles. The topological polar surface area (TPSA) is 115 Å².